The average molecular weight is 352 g/mol. The third-order valence-electron chi connectivity index (χ3n) is 5.53. The zero-order valence-corrected chi connectivity index (χ0v) is 15.0. The van der Waals surface area contributed by atoms with Crippen molar-refractivity contribution < 1.29 is 4.52 Å². The first-order chi connectivity index (χ1) is 11.3. The number of imidazole rings is 1. The summed E-state index contributed by atoms with van der Waals surface area (Å²) in [6.07, 6.45) is 9.51. The van der Waals surface area contributed by atoms with Gasteiger partial charge in [-0.25, -0.2) is 4.98 Å². The molecule has 1 spiro atoms. The molecule has 24 heavy (non-hydrogen) atoms. The van der Waals surface area contributed by atoms with Crippen LogP contribution in [0.5, 0.6) is 0 Å². The highest BCUT2D eigenvalue weighted by molar-refractivity contribution is 5.85. The van der Waals surface area contributed by atoms with E-state index in [-0.39, 0.29) is 12.4 Å². The van der Waals surface area contributed by atoms with Crippen LogP contribution in [-0.2, 0) is 19.6 Å². The lowest BCUT2D eigenvalue weighted by molar-refractivity contribution is 0.178. The van der Waals surface area contributed by atoms with Gasteiger partial charge < -0.3 is 14.4 Å². The lowest BCUT2D eigenvalue weighted by Crippen LogP contribution is -2.36. The van der Waals surface area contributed by atoms with Crippen molar-refractivity contribution in [2.75, 3.05) is 13.1 Å². The molecule has 6 nitrogen and oxygen atoms in total. The van der Waals surface area contributed by atoms with E-state index in [1.807, 2.05) is 12.3 Å². The van der Waals surface area contributed by atoms with Crippen molar-refractivity contribution in [2.24, 2.45) is 5.41 Å². The number of hydrogen-bond acceptors (Lipinski definition) is 5. The lowest BCUT2D eigenvalue weighted by Gasteiger charge is -2.29. The average Bonchev–Trinajstić information content (AvgIpc) is 2.99. The summed E-state index contributed by atoms with van der Waals surface area (Å²) in [5.41, 5.74) is 1.52. The maximum Gasteiger partial charge on any atom is 0.124 e. The highest BCUT2D eigenvalue weighted by Crippen LogP contribution is 2.56. The summed E-state index contributed by atoms with van der Waals surface area (Å²) in [5, 5.41) is 7.60. The zero-order chi connectivity index (χ0) is 15.7. The highest BCUT2D eigenvalue weighted by Gasteiger charge is 2.56. The minimum absolute atomic E-state index is 0. The van der Waals surface area contributed by atoms with Gasteiger partial charge in [0.15, 0.2) is 0 Å². The second-order valence-corrected chi connectivity index (χ2v) is 6.86. The van der Waals surface area contributed by atoms with Crippen LogP contribution in [0.15, 0.2) is 29.2 Å². The van der Waals surface area contributed by atoms with Crippen LogP contribution < -0.4 is 5.32 Å². The molecule has 132 valence electrons. The fraction of sp³-hybridized carbons (Fsp3) is 0.647. The minimum atomic E-state index is 0. The fourth-order valence-electron chi connectivity index (χ4n) is 4.07. The number of nitrogens with one attached hydrogen (secondary N) is 1. The number of nitrogens with zero attached hydrogens (tertiary/aromatic N) is 4. The zero-order valence-electron chi connectivity index (χ0n) is 14.1. The third kappa shape index (κ3) is 3.36. The molecule has 0 amide bonds. The van der Waals surface area contributed by atoms with Crippen LogP contribution in [-0.4, -0.2) is 38.7 Å². The highest BCUT2D eigenvalue weighted by atomic mass is 35.5. The number of halogens is 1. The predicted molar refractivity (Wildman–Crippen MR) is 93.8 cm³/mol. The molecule has 2 aliphatic rings. The molecule has 4 rings (SSSR count). The lowest BCUT2D eigenvalue weighted by atomic mass is 9.93. The molecule has 7 heteroatoms. The van der Waals surface area contributed by atoms with Gasteiger partial charge in [0.1, 0.15) is 12.1 Å². The van der Waals surface area contributed by atoms with E-state index in [4.69, 9.17) is 4.52 Å². The molecule has 0 bridgehead atoms. The first kappa shape index (κ1) is 17.5. The van der Waals surface area contributed by atoms with Crippen molar-refractivity contribution in [3.8, 4) is 0 Å². The Bertz CT molecular complexity index is 635. The number of aromatic nitrogens is 3. The number of rotatable bonds is 6. The van der Waals surface area contributed by atoms with E-state index in [1.54, 1.807) is 6.26 Å². The summed E-state index contributed by atoms with van der Waals surface area (Å²) in [6, 6.07) is 2.61. The van der Waals surface area contributed by atoms with Gasteiger partial charge in [-0.15, -0.1) is 12.4 Å². The van der Waals surface area contributed by atoms with E-state index >= 15 is 0 Å². The second kappa shape index (κ2) is 7.25. The Balaban J connectivity index is 0.00000169. The quantitative estimate of drug-likeness (QED) is 0.866. The third-order valence-corrected chi connectivity index (χ3v) is 5.53. The van der Waals surface area contributed by atoms with Crippen LogP contribution >= 0.6 is 12.4 Å². The molecule has 0 aromatic carbocycles. The standard InChI is InChI=1S/C17H25N5O.ClH/c1-2-21-9-8-19-16(21)13-22(12-14-3-10-23-20-14)15-11-17(15)4-6-18-7-5-17;/h3,8-10,15,18H,2,4-7,11-13H2,1H3;1H. The number of piperidine rings is 1. The number of hydrogen-bond donors (Lipinski definition) is 1. The normalized spacial score (nSPS) is 21.8. The predicted octanol–water partition coefficient (Wildman–Crippen LogP) is 2.46. The number of aryl methyl sites for hydroxylation is 1. The minimum Gasteiger partial charge on any atom is -0.364 e. The van der Waals surface area contributed by atoms with Gasteiger partial charge in [0.25, 0.3) is 0 Å². The summed E-state index contributed by atoms with van der Waals surface area (Å²) >= 11 is 0. The van der Waals surface area contributed by atoms with E-state index in [1.165, 1.54) is 19.3 Å². The van der Waals surface area contributed by atoms with Crippen LogP contribution in [0.1, 0.15) is 37.7 Å². The summed E-state index contributed by atoms with van der Waals surface area (Å²) < 4.78 is 7.25. The van der Waals surface area contributed by atoms with Gasteiger partial charge in [0.2, 0.25) is 0 Å². The summed E-state index contributed by atoms with van der Waals surface area (Å²) in [7, 11) is 0. The summed E-state index contributed by atoms with van der Waals surface area (Å²) in [4.78, 5) is 7.12. The van der Waals surface area contributed by atoms with Crippen molar-refractivity contribution >= 4 is 12.4 Å². The monoisotopic (exact) mass is 351 g/mol. The van der Waals surface area contributed by atoms with Gasteiger partial charge in [-0.05, 0) is 44.7 Å². The van der Waals surface area contributed by atoms with Crippen LogP contribution in [0.25, 0.3) is 0 Å². The second-order valence-electron chi connectivity index (χ2n) is 6.86. The van der Waals surface area contributed by atoms with Crippen LogP contribution in [0, 0.1) is 5.41 Å². The van der Waals surface area contributed by atoms with Crippen LogP contribution in [0.3, 0.4) is 0 Å². The Hall–Kier alpha value is -1.37. The van der Waals surface area contributed by atoms with E-state index in [2.05, 4.69) is 38.0 Å². The molecule has 2 aromatic heterocycles. The first-order valence-electron chi connectivity index (χ1n) is 8.65. The molecule has 2 fully saturated rings. The molecule has 3 heterocycles. The molecule has 0 radical (unpaired) electrons. The fourth-order valence-corrected chi connectivity index (χ4v) is 4.07. The Morgan fingerprint density at radius 3 is 2.92 bits per heavy atom. The summed E-state index contributed by atoms with van der Waals surface area (Å²) in [5.74, 6) is 1.15. The Labute approximate surface area is 149 Å². The molecule has 2 aromatic rings. The molecule has 1 atom stereocenters. The molecule has 1 unspecified atom stereocenters. The van der Waals surface area contributed by atoms with Crippen molar-refractivity contribution in [2.45, 2.75) is 51.9 Å². The van der Waals surface area contributed by atoms with Gasteiger partial charge in [-0.2, -0.15) is 0 Å². The molecule has 1 N–H and O–H groups in total. The molecular formula is C17H26ClN5O. The van der Waals surface area contributed by atoms with Gasteiger partial charge in [-0.1, -0.05) is 5.16 Å². The molecule has 1 saturated heterocycles. The first-order valence-corrected chi connectivity index (χ1v) is 8.65. The van der Waals surface area contributed by atoms with Crippen LogP contribution in [0.2, 0.25) is 0 Å². The van der Waals surface area contributed by atoms with Gasteiger partial charge in [0.05, 0.1) is 12.2 Å². The van der Waals surface area contributed by atoms with Crippen molar-refractivity contribution in [1.82, 2.24) is 24.9 Å². The molecule has 1 aliphatic heterocycles. The maximum atomic E-state index is 5.03. The van der Waals surface area contributed by atoms with Crippen molar-refractivity contribution in [1.29, 1.82) is 0 Å². The van der Waals surface area contributed by atoms with E-state index < -0.39 is 0 Å². The van der Waals surface area contributed by atoms with Gasteiger partial charge in [0, 0.05) is 37.6 Å². The molecular weight excluding hydrogens is 326 g/mol. The topological polar surface area (TPSA) is 59.1 Å². The molecule has 1 saturated carbocycles. The van der Waals surface area contributed by atoms with Gasteiger partial charge >= 0.3 is 0 Å². The Kier molecular flexibility index (Phi) is 5.27. The largest absolute Gasteiger partial charge is 0.364 e. The smallest absolute Gasteiger partial charge is 0.124 e. The van der Waals surface area contributed by atoms with E-state index in [0.717, 1.165) is 44.2 Å². The van der Waals surface area contributed by atoms with Crippen LogP contribution in [0.4, 0.5) is 0 Å². The Morgan fingerprint density at radius 2 is 2.21 bits per heavy atom. The van der Waals surface area contributed by atoms with Crippen molar-refractivity contribution in [3.63, 3.8) is 0 Å². The summed E-state index contributed by atoms with van der Waals surface area (Å²) in [6.45, 7) is 7.15. The Morgan fingerprint density at radius 1 is 1.38 bits per heavy atom. The van der Waals surface area contributed by atoms with E-state index in [0.29, 0.717) is 11.5 Å². The van der Waals surface area contributed by atoms with E-state index in [9.17, 15) is 0 Å². The molecule has 1 aliphatic carbocycles. The van der Waals surface area contributed by atoms with Crippen molar-refractivity contribution in [3.05, 3.63) is 36.2 Å². The maximum absolute atomic E-state index is 5.03. The van der Waals surface area contributed by atoms with Gasteiger partial charge in [-0.3, -0.25) is 4.90 Å². The SMILES string of the molecule is CCn1ccnc1CN(Cc1ccon1)C1CC12CCNCC2.Cl.